The number of likely N-dealkylation sites (N-methyl/N-ethyl adjacent to an activating group) is 2. The van der Waals surface area contributed by atoms with Gasteiger partial charge in [0.05, 0.1) is 12.6 Å². The van der Waals surface area contributed by atoms with Crippen LogP contribution >= 0.6 is 0 Å². The number of fused-ring (bicyclic) bond motifs is 2. The van der Waals surface area contributed by atoms with E-state index in [0.717, 1.165) is 36.1 Å². The molecule has 6 nitrogen and oxygen atoms in total. The lowest BCUT2D eigenvalue weighted by Crippen LogP contribution is -2.37. The van der Waals surface area contributed by atoms with E-state index in [1.54, 1.807) is 11.8 Å². The predicted molar refractivity (Wildman–Crippen MR) is 184 cm³/mol. The van der Waals surface area contributed by atoms with E-state index in [4.69, 9.17) is 4.74 Å². The van der Waals surface area contributed by atoms with Gasteiger partial charge in [0.2, 0.25) is 6.41 Å². The second-order valence-electron chi connectivity index (χ2n) is 13.6. The average Bonchev–Trinajstić information content (AvgIpc) is 3.55. The zero-order valence-electron chi connectivity index (χ0n) is 28.1. The monoisotopic (exact) mass is 605 g/mol. The normalized spacial score (nSPS) is 21.6. The summed E-state index contributed by atoms with van der Waals surface area (Å²) in [6, 6.07) is 15.2. The van der Waals surface area contributed by atoms with Crippen LogP contribution in [0.25, 0.3) is 0 Å². The van der Waals surface area contributed by atoms with Crippen molar-refractivity contribution in [1.29, 1.82) is 0 Å². The minimum absolute atomic E-state index is 0.0723. The van der Waals surface area contributed by atoms with Gasteiger partial charge in [0.15, 0.2) is 0 Å². The average molecular weight is 606 g/mol. The Bertz CT molecular complexity index is 1650. The molecule has 6 heteroatoms. The van der Waals surface area contributed by atoms with Crippen molar-refractivity contribution in [3.05, 3.63) is 118 Å². The van der Waals surface area contributed by atoms with Crippen molar-refractivity contribution < 1.29 is 14.3 Å². The van der Waals surface area contributed by atoms with E-state index in [9.17, 15) is 9.59 Å². The van der Waals surface area contributed by atoms with Gasteiger partial charge in [-0.3, -0.25) is 4.79 Å². The first-order valence-electron chi connectivity index (χ1n) is 15.8. The fourth-order valence-corrected chi connectivity index (χ4v) is 7.60. The van der Waals surface area contributed by atoms with E-state index in [1.807, 2.05) is 0 Å². The van der Waals surface area contributed by atoms with Crippen molar-refractivity contribution in [3.63, 3.8) is 0 Å². The van der Waals surface area contributed by atoms with Crippen molar-refractivity contribution >= 4 is 23.8 Å². The van der Waals surface area contributed by atoms with Crippen LogP contribution in [-0.2, 0) is 25.2 Å². The second kappa shape index (κ2) is 12.2. The standard InChI is InChI=1S/C39H47N3O3/c1-26(2)37(44)45-24-23-42(25-43)36-28(19-21-33-38(4,5)30-14-10-11-15-31(30)40(33)8)17-18-29(36)20-22-34-39(6,7)35-27(3)13-12-16-32(35)41(34)9/h10-16,19-22,25,33H,1,17-18,23-24H2,2-9H3/b21-19+,29-20+,34-22+. The molecule has 0 bridgehead atoms. The van der Waals surface area contributed by atoms with E-state index < -0.39 is 5.97 Å². The van der Waals surface area contributed by atoms with Crippen LogP contribution in [0.1, 0.15) is 64.2 Å². The Kier molecular flexibility index (Phi) is 8.72. The minimum Gasteiger partial charge on any atom is -0.460 e. The SMILES string of the molecule is C=C(C)C(=O)OCCN(C=O)C1=C(/C=C/C2N(C)c3ccccc3C2(C)C)CC/C1=C\C=C1\N(C)c2cccc(C)c2C1(C)C. The number of nitrogens with zero attached hydrogens (tertiary/aromatic N) is 3. The van der Waals surface area contributed by atoms with Gasteiger partial charge in [-0.05, 0) is 72.7 Å². The highest BCUT2D eigenvalue weighted by Gasteiger charge is 2.42. The number of rotatable bonds is 9. The van der Waals surface area contributed by atoms with Gasteiger partial charge in [0.25, 0.3) is 0 Å². The highest BCUT2D eigenvalue weighted by molar-refractivity contribution is 5.86. The molecule has 0 spiro atoms. The van der Waals surface area contributed by atoms with Gasteiger partial charge in [0.1, 0.15) is 6.61 Å². The summed E-state index contributed by atoms with van der Waals surface area (Å²) < 4.78 is 5.39. The molecule has 45 heavy (non-hydrogen) atoms. The first-order valence-corrected chi connectivity index (χ1v) is 15.8. The van der Waals surface area contributed by atoms with Gasteiger partial charge in [-0.2, -0.15) is 0 Å². The third-order valence-corrected chi connectivity index (χ3v) is 9.90. The van der Waals surface area contributed by atoms with E-state index in [2.05, 4.69) is 132 Å². The van der Waals surface area contributed by atoms with Gasteiger partial charge >= 0.3 is 5.97 Å². The fourth-order valence-electron chi connectivity index (χ4n) is 7.60. The van der Waals surface area contributed by atoms with Gasteiger partial charge in [-0.25, -0.2) is 4.79 Å². The number of carbonyl (C=O) groups is 2. The van der Waals surface area contributed by atoms with E-state index in [-0.39, 0.29) is 30.0 Å². The zero-order chi connectivity index (χ0) is 32.7. The van der Waals surface area contributed by atoms with E-state index >= 15 is 0 Å². The molecule has 0 fully saturated rings. The van der Waals surface area contributed by atoms with E-state index in [1.165, 1.54) is 33.8 Å². The van der Waals surface area contributed by atoms with Crippen LogP contribution in [0.2, 0.25) is 0 Å². The zero-order valence-corrected chi connectivity index (χ0v) is 28.1. The summed E-state index contributed by atoms with van der Waals surface area (Å²) in [5, 5.41) is 0. The molecule has 2 aliphatic heterocycles. The number of ether oxygens (including phenoxy) is 1. The number of anilines is 2. The molecule has 1 atom stereocenters. The fraction of sp³-hybridized carbons (Fsp3) is 0.385. The number of amides is 1. The molecule has 3 aliphatic rings. The molecule has 1 aliphatic carbocycles. The van der Waals surface area contributed by atoms with Crippen LogP contribution in [0.4, 0.5) is 11.4 Å². The number of hydrogen-bond donors (Lipinski definition) is 0. The Labute approximate surface area is 269 Å². The van der Waals surface area contributed by atoms with Crippen LogP contribution in [-0.4, -0.2) is 50.6 Å². The van der Waals surface area contributed by atoms with Crippen LogP contribution in [0.5, 0.6) is 0 Å². The molecule has 1 unspecified atom stereocenters. The second-order valence-corrected chi connectivity index (χ2v) is 13.6. The lowest BCUT2D eigenvalue weighted by Gasteiger charge is -2.30. The van der Waals surface area contributed by atoms with Crippen molar-refractivity contribution in [2.45, 2.75) is 71.3 Å². The molecule has 236 valence electrons. The molecule has 2 heterocycles. The van der Waals surface area contributed by atoms with Crippen molar-refractivity contribution in [1.82, 2.24) is 4.90 Å². The molecular formula is C39H47N3O3. The number of benzene rings is 2. The minimum atomic E-state index is -0.450. The van der Waals surface area contributed by atoms with Gasteiger partial charge < -0.3 is 19.4 Å². The maximum atomic E-state index is 12.6. The van der Waals surface area contributed by atoms with Crippen molar-refractivity contribution in [3.8, 4) is 0 Å². The molecule has 0 radical (unpaired) electrons. The Morgan fingerprint density at radius 1 is 1.04 bits per heavy atom. The lowest BCUT2D eigenvalue weighted by atomic mass is 9.80. The maximum Gasteiger partial charge on any atom is 0.333 e. The van der Waals surface area contributed by atoms with Gasteiger partial charge in [0, 0.05) is 53.3 Å². The Morgan fingerprint density at radius 2 is 1.76 bits per heavy atom. The largest absolute Gasteiger partial charge is 0.460 e. The number of allylic oxidation sites excluding steroid dienone is 6. The first kappa shape index (κ1) is 32.1. The maximum absolute atomic E-state index is 12.6. The first-order chi connectivity index (χ1) is 21.3. The number of para-hydroxylation sites is 1. The smallest absolute Gasteiger partial charge is 0.333 e. The third-order valence-electron chi connectivity index (χ3n) is 9.90. The summed E-state index contributed by atoms with van der Waals surface area (Å²) in [5.41, 5.74) is 10.9. The van der Waals surface area contributed by atoms with Gasteiger partial charge in [-0.15, -0.1) is 0 Å². The Hall–Kier alpha value is -4.32. The summed E-state index contributed by atoms with van der Waals surface area (Å²) in [6.45, 7) is 17.0. The van der Waals surface area contributed by atoms with Gasteiger partial charge in [-0.1, -0.05) is 82.8 Å². The lowest BCUT2D eigenvalue weighted by molar-refractivity contribution is -0.139. The van der Waals surface area contributed by atoms with Crippen molar-refractivity contribution in [2.75, 3.05) is 37.0 Å². The Balaban J connectivity index is 1.52. The third kappa shape index (κ3) is 5.67. The van der Waals surface area contributed by atoms with E-state index in [0.29, 0.717) is 5.57 Å². The Morgan fingerprint density at radius 3 is 2.42 bits per heavy atom. The van der Waals surface area contributed by atoms with Crippen LogP contribution in [0.15, 0.2) is 101 Å². The molecule has 0 aromatic heterocycles. The molecule has 0 N–H and O–H groups in total. The molecule has 1 amide bonds. The molecule has 0 saturated carbocycles. The number of esters is 1. The highest BCUT2D eigenvalue weighted by Crippen LogP contribution is 2.49. The predicted octanol–water partition coefficient (Wildman–Crippen LogP) is 7.51. The molecule has 2 aromatic carbocycles. The molecular weight excluding hydrogens is 558 g/mol. The number of hydrogen-bond acceptors (Lipinski definition) is 5. The summed E-state index contributed by atoms with van der Waals surface area (Å²) in [5.74, 6) is -0.450. The summed E-state index contributed by atoms with van der Waals surface area (Å²) >= 11 is 0. The number of carbonyl (C=O) groups excluding carboxylic acids is 2. The molecule has 2 aromatic rings. The quantitative estimate of drug-likeness (QED) is 0.168. The topological polar surface area (TPSA) is 53.1 Å². The van der Waals surface area contributed by atoms with Crippen LogP contribution in [0, 0.1) is 6.92 Å². The van der Waals surface area contributed by atoms with Crippen molar-refractivity contribution in [2.24, 2.45) is 0 Å². The number of aryl methyl sites for hydroxylation is 1. The highest BCUT2D eigenvalue weighted by atomic mass is 16.5. The molecule has 0 saturated heterocycles. The summed E-state index contributed by atoms with van der Waals surface area (Å²) in [7, 11) is 4.28. The van der Waals surface area contributed by atoms with Crippen LogP contribution < -0.4 is 9.80 Å². The summed E-state index contributed by atoms with van der Waals surface area (Å²) in [4.78, 5) is 31.0. The summed E-state index contributed by atoms with van der Waals surface area (Å²) in [6.07, 6.45) is 11.4. The molecule has 5 rings (SSSR count). The van der Waals surface area contributed by atoms with Crippen LogP contribution in [0.3, 0.4) is 0 Å².